The van der Waals surface area contributed by atoms with Gasteiger partial charge in [-0.2, -0.15) is 0 Å². The lowest BCUT2D eigenvalue weighted by atomic mass is 10.1. The highest BCUT2D eigenvalue weighted by Gasteiger charge is 2.17. The maximum Gasteiger partial charge on any atom is 0.129 e. The Morgan fingerprint density at radius 1 is 1.38 bits per heavy atom. The van der Waals surface area contributed by atoms with E-state index in [0.29, 0.717) is 0 Å². The number of hydrogen-bond donors (Lipinski definition) is 1. The van der Waals surface area contributed by atoms with Crippen molar-refractivity contribution in [3.8, 4) is 5.75 Å². The standard InChI is InChI=1S/C12H15NOS2/c1-8-10(4-5-15-8)12(13-2)11-6-9(14-3)7-16-11/h4-7,12-13H,1-3H3. The molecule has 2 heterocycles. The van der Waals surface area contributed by atoms with Gasteiger partial charge in [-0.25, -0.2) is 0 Å². The van der Waals surface area contributed by atoms with Crippen LogP contribution in [-0.4, -0.2) is 14.2 Å². The van der Waals surface area contributed by atoms with Crippen LogP contribution in [0.2, 0.25) is 0 Å². The van der Waals surface area contributed by atoms with Gasteiger partial charge in [0, 0.05) is 15.1 Å². The van der Waals surface area contributed by atoms with Gasteiger partial charge in [0.05, 0.1) is 13.2 Å². The van der Waals surface area contributed by atoms with E-state index in [1.165, 1.54) is 15.3 Å². The van der Waals surface area contributed by atoms with Crippen LogP contribution in [0.25, 0.3) is 0 Å². The third-order valence-corrected chi connectivity index (χ3v) is 4.45. The van der Waals surface area contributed by atoms with Crippen molar-refractivity contribution in [2.75, 3.05) is 14.2 Å². The van der Waals surface area contributed by atoms with Crippen molar-refractivity contribution in [3.63, 3.8) is 0 Å². The molecule has 1 unspecified atom stereocenters. The van der Waals surface area contributed by atoms with Crippen molar-refractivity contribution < 1.29 is 4.74 Å². The zero-order valence-corrected chi connectivity index (χ0v) is 11.2. The van der Waals surface area contributed by atoms with E-state index >= 15 is 0 Å². The molecule has 0 spiro atoms. The molecule has 0 amide bonds. The summed E-state index contributed by atoms with van der Waals surface area (Å²) in [6.07, 6.45) is 0. The van der Waals surface area contributed by atoms with Crippen LogP contribution in [0.4, 0.5) is 0 Å². The summed E-state index contributed by atoms with van der Waals surface area (Å²) in [6.45, 7) is 2.16. The molecule has 0 saturated heterocycles. The fourth-order valence-electron chi connectivity index (χ4n) is 1.74. The van der Waals surface area contributed by atoms with E-state index in [9.17, 15) is 0 Å². The largest absolute Gasteiger partial charge is 0.496 e. The Morgan fingerprint density at radius 2 is 2.19 bits per heavy atom. The SMILES string of the molecule is CNC(c1cc(OC)cs1)c1ccsc1C. The maximum atomic E-state index is 5.22. The van der Waals surface area contributed by atoms with Crippen LogP contribution in [0.15, 0.2) is 22.9 Å². The number of aryl methyl sites for hydroxylation is 1. The molecule has 2 nitrogen and oxygen atoms in total. The quantitative estimate of drug-likeness (QED) is 0.901. The fraction of sp³-hybridized carbons (Fsp3) is 0.333. The number of ether oxygens (including phenoxy) is 1. The van der Waals surface area contributed by atoms with Gasteiger partial charge in [0.1, 0.15) is 5.75 Å². The number of nitrogens with one attached hydrogen (secondary N) is 1. The summed E-state index contributed by atoms with van der Waals surface area (Å²) < 4.78 is 5.22. The Hall–Kier alpha value is -0.840. The molecular formula is C12H15NOS2. The van der Waals surface area contributed by atoms with Crippen LogP contribution in [-0.2, 0) is 0 Å². The lowest BCUT2D eigenvalue weighted by Gasteiger charge is -2.14. The highest BCUT2D eigenvalue weighted by atomic mass is 32.1. The zero-order chi connectivity index (χ0) is 11.5. The van der Waals surface area contributed by atoms with E-state index < -0.39 is 0 Å². The van der Waals surface area contributed by atoms with E-state index in [1.807, 2.05) is 12.4 Å². The summed E-state index contributed by atoms with van der Waals surface area (Å²) in [4.78, 5) is 2.66. The molecule has 0 bridgehead atoms. The van der Waals surface area contributed by atoms with E-state index in [0.717, 1.165) is 5.75 Å². The van der Waals surface area contributed by atoms with Crippen molar-refractivity contribution >= 4 is 22.7 Å². The minimum Gasteiger partial charge on any atom is -0.496 e. The molecular weight excluding hydrogens is 238 g/mol. The third-order valence-electron chi connectivity index (χ3n) is 2.61. The molecule has 0 aliphatic heterocycles. The lowest BCUT2D eigenvalue weighted by Crippen LogP contribution is -2.16. The summed E-state index contributed by atoms with van der Waals surface area (Å²) in [5.41, 5.74) is 1.36. The van der Waals surface area contributed by atoms with E-state index in [1.54, 1.807) is 29.8 Å². The molecule has 0 aromatic carbocycles. The fourth-order valence-corrected chi connectivity index (χ4v) is 3.46. The van der Waals surface area contributed by atoms with Gasteiger partial charge >= 0.3 is 0 Å². The van der Waals surface area contributed by atoms with Crippen LogP contribution in [0.5, 0.6) is 5.75 Å². The average Bonchev–Trinajstić information content (AvgIpc) is 2.90. The minimum atomic E-state index is 0.278. The van der Waals surface area contributed by atoms with E-state index in [2.05, 4.69) is 29.8 Å². The van der Waals surface area contributed by atoms with Crippen molar-refractivity contribution in [1.82, 2.24) is 5.32 Å². The first-order chi connectivity index (χ1) is 7.76. The average molecular weight is 253 g/mol. The molecule has 2 aromatic rings. The van der Waals surface area contributed by atoms with E-state index in [-0.39, 0.29) is 6.04 Å². The van der Waals surface area contributed by atoms with Crippen LogP contribution in [0, 0.1) is 6.92 Å². The molecule has 0 aliphatic rings. The highest BCUT2D eigenvalue weighted by molar-refractivity contribution is 7.10. The second-order valence-electron chi connectivity index (χ2n) is 3.54. The van der Waals surface area contributed by atoms with E-state index in [4.69, 9.17) is 4.74 Å². The summed E-state index contributed by atoms with van der Waals surface area (Å²) in [7, 11) is 3.70. The summed E-state index contributed by atoms with van der Waals surface area (Å²) in [6, 6.07) is 4.57. The van der Waals surface area contributed by atoms with Gasteiger partial charge in [-0.3, -0.25) is 0 Å². The Kier molecular flexibility index (Phi) is 3.63. The van der Waals surface area contributed by atoms with Crippen molar-refractivity contribution in [1.29, 1.82) is 0 Å². The molecule has 86 valence electrons. The number of hydrogen-bond acceptors (Lipinski definition) is 4. The first-order valence-corrected chi connectivity index (χ1v) is 6.86. The lowest BCUT2D eigenvalue weighted by molar-refractivity contribution is 0.416. The molecule has 0 fully saturated rings. The minimum absolute atomic E-state index is 0.278. The smallest absolute Gasteiger partial charge is 0.129 e. The molecule has 1 N–H and O–H groups in total. The number of rotatable bonds is 4. The highest BCUT2D eigenvalue weighted by Crippen LogP contribution is 2.33. The van der Waals surface area contributed by atoms with Gasteiger partial charge in [0.25, 0.3) is 0 Å². The van der Waals surface area contributed by atoms with Gasteiger partial charge in [-0.1, -0.05) is 0 Å². The van der Waals surface area contributed by atoms with Crippen molar-refractivity contribution in [3.05, 3.63) is 38.2 Å². The Morgan fingerprint density at radius 3 is 2.69 bits per heavy atom. The van der Waals surface area contributed by atoms with Crippen LogP contribution >= 0.6 is 22.7 Å². The summed E-state index contributed by atoms with van der Waals surface area (Å²) >= 11 is 3.52. The predicted molar refractivity (Wildman–Crippen MR) is 70.8 cm³/mol. The van der Waals surface area contributed by atoms with Gasteiger partial charge < -0.3 is 10.1 Å². The van der Waals surface area contributed by atoms with Gasteiger partial charge in [-0.05, 0) is 37.0 Å². The molecule has 2 rings (SSSR count). The number of methoxy groups -OCH3 is 1. The first kappa shape index (κ1) is 11.6. The summed E-state index contributed by atoms with van der Waals surface area (Å²) in [5, 5.41) is 7.54. The Bertz CT molecular complexity index is 461. The monoisotopic (exact) mass is 253 g/mol. The summed E-state index contributed by atoms with van der Waals surface area (Å²) in [5.74, 6) is 0.938. The Labute approximate surface area is 104 Å². The molecule has 0 aliphatic carbocycles. The molecule has 0 radical (unpaired) electrons. The van der Waals surface area contributed by atoms with Gasteiger partial charge in [0.15, 0.2) is 0 Å². The number of thiophene rings is 2. The predicted octanol–water partition coefficient (Wildman–Crippen LogP) is 3.44. The van der Waals surface area contributed by atoms with Crippen molar-refractivity contribution in [2.45, 2.75) is 13.0 Å². The molecule has 4 heteroatoms. The van der Waals surface area contributed by atoms with Crippen molar-refractivity contribution in [2.24, 2.45) is 0 Å². The zero-order valence-electron chi connectivity index (χ0n) is 9.61. The third kappa shape index (κ3) is 2.14. The molecule has 0 saturated carbocycles. The van der Waals surface area contributed by atoms with Crippen LogP contribution in [0.1, 0.15) is 21.4 Å². The van der Waals surface area contributed by atoms with Crippen LogP contribution in [0.3, 0.4) is 0 Å². The first-order valence-electron chi connectivity index (χ1n) is 5.10. The molecule has 1 atom stereocenters. The second kappa shape index (κ2) is 4.99. The van der Waals surface area contributed by atoms with Gasteiger partial charge in [-0.15, -0.1) is 22.7 Å². The second-order valence-corrected chi connectivity index (χ2v) is 5.61. The van der Waals surface area contributed by atoms with Gasteiger partial charge in [0.2, 0.25) is 0 Å². The molecule has 16 heavy (non-hydrogen) atoms. The maximum absolute atomic E-state index is 5.22. The normalized spacial score (nSPS) is 12.7. The topological polar surface area (TPSA) is 21.3 Å². The molecule has 2 aromatic heterocycles. The van der Waals surface area contributed by atoms with Crippen LogP contribution < -0.4 is 10.1 Å². The Balaban J connectivity index is 2.32.